The van der Waals surface area contributed by atoms with Crippen molar-refractivity contribution in [3.63, 3.8) is 0 Å². The van der Waals surface area contributed by atoms with Crippen LogP contribution in [0.25, 0.3) is 0 Å². The molecule has 0 bridgehead atoms. The number of rotatable bonds is 4. The van der Waals surface area contributed by atoms with Crippen LogP contribution in [0.1, 0.15) is 23.7 Å². The molecule has 4 N–H and O–H groups in total. The van der Waals surface area contributed by atoms with Gasteiger partial charge in [0, 0.05) is 6.20 Å². The van der Waals surface area contributed by atoms with Crippen LogP contribution in [-0.2, 0) is 4.79 Å². The van der Waals surface area contributed by atoms with Crippen molar-refractivity contribution in [2.45, 2.75) is 19.4 Å². The molecule has 1 unspecified atom stereocenters. The molecular weight excluding hydrogens is 230 g/mol. The first-order chi connectivity index (χ1) is 7.95. The Hall–Kier alpha value is -2.38. The van der Waals surface area contributed by atoms with Gasteiger partial charge in [-0.2, -0.15) is 0 Å². The number of aromatic nitrogens is 2. The van der Waals surface area contributed by atoms with Crippen molar-refractivity contribution < 1.29 is 14.7 Å². The highest BCUT2D eigenvalue weighted by Crippen LogP contribution is 1.93. The lowest BCUT2D eigenvalue weighted by Crippen LogP contribution is -2.42. The third-order valence-corrected chi connectivity index (χ3v) is 2.08. The number of carbonyl (C=O) groups excluding carboxylic acids is 1. The van der Waals surface area contributed by atoms with Gasteiger partial charge < -0.3 is 15.4 Å². The largest absolute Gasteiger partial charge is 0.480 e. The summed E-state index contributed by atoms with van der Waals surface area (Å²) in [5, 5.41) is 10.9. The highest BCUT2D eigenvalue weighted by Gasteiger charge is 2.20. The first-order valence-electron chi connectivity index (χ1n) is 4.81. The Morgan fingerprint density at radius 3 is 2.59 bits per heavy atom. The molecule has 8 heteroatoms. The van der Waals surface area contributed by atoms with E-state index in [1.165, 1.54) is 0 Å². The predicted molar refractivity (Wildman–Crippen MR) is 56.9 cm³/mol. The summed E-state index contributed by atoms with van der Waals surface area (Å²) < 4.78 is 0. The average molecular weight is 241 g/mol. The Balaban J connectivity index is 2.94. The number of carboxylic acid groups (broad SMARTS) is 1. The van der Waals surface area contributed by atoms with E-state index in [0.29, 0.717) is 0 Å². The van der Waals surface area contributed by atoms with Gasteiger partial charge in [-0.05, 0) is 6.42 Å². The van der Waals surface area contributed by atoms with Gasteiger partial charge in [0.15, 0.2) is 0 Å². The first-order valence-corrected chi connectivity index (χ1v) is 4.81. The maximum atomic E-state index is 11.5. The van der Waals surface area contributed by atoms with E-state index in [1.54, 1.807) is 6.92 Å². The first kappa shape index (κ1) is 12.7. The van der Waals surface area contributed by atoms with Crippen LogP contribution < -0.4 is 16.6 Å². The van der Waals surface area contributed by atoms with Gasteiger partial charge in [-0.15, -0.1) is 0 Å². The van der Waals surface area contributed by atoms with Gasteiger partial charge in [0.2, 0.25) is 0 Å². The second kappa shape index (κ2) is 5.10. The molecule has 1 aromatic rings. The molecule has 0 saturated heterocycles. The third kappa shape index (κ3) is 3.03. The monoisotopic (exact) mass is 241 g/mol. The Morgan fingerprint density at radius 2 is 2.12 bits per heavy atom. The molecule has 17 heavy (non-hydrogen) atoms. The zero-order chi connectivity index (χ0) is 13.0. The van der Waals surface area contributed by atoms with Crippen molar-refractivity contribution in [1.29, 1.82) is 0 Å². The van der Waals surface area contributed by atoms with E-state index in [0.717, 1.165) is 6.20 Å². The van der Waals surface area contributed by atoms with Crippen molar-refractivity contribution in [2.24, 2.45) is 0 Å². The molecule has 1 atom stereocenters. The fourth-order valence-corrected chi connectivity index (χ4v) is 1.15. The molecule has 8 nitrogen and oxygen atoms in total. The number of aliphatic carboxylic acids is 1. The van der Waals surface area contributed by atoms with Crippen LogP contribution in [-0.4, -0.2) is 33.0 Å². The van der Waals surface area contributed by atoms with Crippen molar-refractivity contribution >= 4 is 11.9 Å². The number of hydrogen-bond acceptors (Lipinski definition) is 4. The minimum absolute atomic E-state index is 0.183. The quantitative estimate of drug-likeness (QED) is 0.517. The number of aromatic amines is 2. The standard InChI is InChI=1S/C9H11N3O5/c1-2-5(8(15)16)11-6(13)4-3-10-9(17)12-7(4)14/h3,5H,2H2,1H3,(H,11,13)(H,15,16)(H2,10,12,14,17). The second-order valence-electron chi connectivity index (χ2n) is 3.26. The van der Waals surface area contributed by atoms with E-state index in [4.69, 9.17) is 5.11 Å². The fourth-order valence-electron chi connectivity index (χ4n) is 1.15. The minimum Gasteiger partial charge on any atom is -0.480 e. The van der Waals surface area contributed by atoms with Gasteiger partial charge in [-0.3, -0.25) is 14.6 Å². The molecule has 0 aromatic carbocycles. The summed E-state index contributed by atoms with van der Waals surface area (Å²) in [7, 11) is 0. The van der Waals surface area contributed by atoms with Crippen LogP contribution >= 0.6 is 0 Å². The van der Waals surface area contributed by atoms with E-state index < -0.39 is 29.2 Å². The van der Waals surface area contributed by atoms with Crippen LogP contribution in [0.5, 0.6) is 0 Å². The lowest BCUT2D eigenvalue weighted by molar-refractivity contribution is -0.139. The highest BCUT2D eigenvalue weighted by molar-refractivity contribution is 5.95. The predicted octanol–water partition coefficient (Wildman–Crippen LogP) is -1.34. The molecular formula is C9H11N3O5. The van der Waals surface area contributed by atoms with Crippen molar-refractivity contribution in [3.8, 4) is 0 Å². The maximum Gasteiger partial charge on any atom is 0.326 e. The van der Waals surface area contributed by atoms with Gasteiger partial charge in [0.1, 0.15) is 11.6 Å². The van der Waals surface area contributed by atoms with Crippen LogP contribution in [0.3, 0.4) is 0 Å². The second-order valence-corrected chi connectivity index (χ2v) is 3.26. The Kier molecular flexibility index (Phi) is 3.81. The van der Waals surface area contributed by atoms with Crippen molar-refractivity contribution in [2.75, 3.05) is 0 Å². The van der Waals surface area contributed by atoms with Gasteiger partial charge in [-0.1, -0.05) is 6.92 Å². The number of amides is 1. The summed E-state index contributed by atoms with van der Waals surface area (Å²) in [6, 6.07) is -1.08. The van der Waals surface area contributed by atoms with E-state index in [1.807, 2.05) is 4.98 Å². The molecule has 1 rings (SSSR count). The van der Waals surface area contributed by atoms with Crippen LogP contribution in [0.4, 0.5) is 0 Å². The summed E-state index contributed by atoms with van der Waals surface area (Å²) in [5.74, 6) is -2.04. The summed E-state index contributed by atoms with van der Waals surface area (Å²) >= 11 is 0. The lowest BCUT2D eigenvalue weighted by atomic mass is 10.2. The Morgan fingerprint density at radius 1 is 1.47 bits per heavy atom. The third-order valence-electron chi connectivity index (χ3n) is 2.08. The van der Waals surface area contributed by atoms with Crippen molar-refractivity contribution in [1.82, 2.24) is 15.3 Å². The van der Waals surface area contributed by atoms with E-state index in [-0.39, 0.29) is 12.0 Å². The fraction of sp³-hybridized carbons (Fsp3) is 0.333. The summed E-state index contributed by atoms with van der Waals surface area (Å²) in [6.07, 6.45) is 1.12. The highest BCUT2D eigenvalue weighted by atomic mass is 16.4. The zero-order valence-corrected chi connectivity index (χ0v) is 8.94. The molecule has 0 aliphatic heterocycles. The minimum atomic E-state index is -1.19. The van der Waals surface area contributed by atoms with Crippen molar-refractivity contribution in [3.05, 3.63) is 32.6 Å². The van der Waals surface area contributed by atoms with E-state index in [2.05, 4.69) is 10.3 Å². The number of carbonyl (C=O) groups is 2. The Bertz CT molecular complexity index is 544. The molecule has 0 aliphatic carbocycles. The van der Waals surface area contributed by atoms with Gasteiger partial charge in [0.05, 0.1) is 0 Å². The number of H-pyrrole nitrogens is 2. The number of nitrogens with one attached hydrogen (secondary N) is 3. The van der Waals surface area contributed by atoms with Crippen LogP contribution in [0.15, 0.2) is 15.8 Å². The molecule has 0 aliphatic rings. The molecule has 0 fully saturated rings. The Labute approximate surface area is 94.7 Å². The summed E-state index contributed by atoms with van der Waals surface area (Å²) in [6.45, 7) is 1.58. The lowest BCUT2D eigenvalue weighted by Gasteiger charge is -2.11. The molecule has 0 spiro atoms. The van der Waals surface area contributed by atoms with Gasteiger partial charge in [0.25, 0.3) is 11.5 Å². The SMILES string of the molecule is CCC(NC(=O)c1c[nH]c(=O)[nH]c1=O)C(=O)O. The molecule has 0 saturated carbocycles. The van der Waals surface area contributed by atoms with Gasteiger partial charge in [-0.25, -0.2) is 9.59 Å². The molecule has 0 radical (unpaired) electrons. The molecule has 1 amide bonds. The topological polar surface area (TPSA) is 132 Å². The average Bonchev–Trinajstić information content (AvgIpc) is 2.24. The molecule has 1 aromatic heterocycles. The molecule has 1 heterocycles. The maximum absolute atomic E-state index is 11.5. The van der Waals surface area contributed by atoms with Gasteiger partial charge >= 0.3 is 11.7 Å². The zero-order valence-electron chi connectivity index (χ0n) is 8.94. The summed E-state index contributed by atoms with van der Waals surface area (Å²) in [4.78, 5) is 48.2. The normalized spacial score (nSPS) is 11.8. The smallest absolute Gasteiger partial charge is 0.326 e. The molecule has 92 valence electrons. The van der Waals surface area contributed by atoms with E-state index in [9.17, 15) is 19.2 Å². The van der Waals surface area contributed by atoms with Crippen LogP contribution in [0.2, 0.25) is 0 Å². The number of hydrogen-bond donors (Lipinski definition) is 4. The van der Waals surface area contributed by atoms with Crippen LogP contribution in [0, 0.1) is 0 Å². The van der Waals surface area contributed by atoms with E-state index >= 15 is 0 Å². The number of carboxylic acids is 1. The summed E-state index contributed by atoms with van der Waals surface area (Å²) in [5.41, 5.74) is -1.95.